The zero-order valence-corrected chi connectivity index (χ0v) is 11.8. The first kappa shape index (κ1) is 13.5. The van der Waals surface area contributed by atoms with E-state index in [1.54, 1.807) is 17.4 Å². The number of hydrogen-bond acceptors (Lipinski definition) is 4. The van der Waals surface area contributed by atoms with Gasteiger partial charge in [-0.3, -0.25) is 0 Å². The average Bonchev–Trinajstić information content (AvgIpc) is 2.70. The van der Waals surface area contributed by atoms with E-state index in [9.17, 15) is 4.39 Å². The van der Waals surface area contributed by atoms with E-state index in [2.05, 4.69) is 10.3 Å². The van der Waals surface area contributed by atoms with Crippen LogP contribution in [0.1, 0.15) is 34.1 Å². The summed E-state index contributed by atoms with van der Waals surface area (Å²) in [5, 5.41) is 13.2. The van der Waals surface area contributed by atoms with Crippen LogP contribution in [0.3, 0.4) is 0 Å². The molecule has 0 amide bonds. The summed E-state index contributed by atoms with van der Waals surface area (Å²) in [7, 11) is 0. The zero-order chi connectivity index (χ0) is 14.0. The first-order chi connectivity index (χ1) is 9.01. The van der Waals surface area contributed by atoms with Gasteiger partial charge in [-0.1, -0.05) is 0 Å². The summed E-state index contributed by atoms with van der Waals surface area (Å²) in [5.74, 6) is -0.407. The van der Waals surface area contributed by atoms with E-state index in [-0.39, 0.29) is 6.04 Å². The smallest absolute Gasteiger partial charge is 0.124 e. The van der Waals surface area contributed by atoms with Gasteiger partial charge in [-0.05, 0) is 39.0 Å². The van der Waals surface area contributed by atoms with E-state index in [1.807, 2.05) is 26.8 Å². The number of hydrogen-bond donors (Lipinski definition) is 1. The lowest BCUT2D eigenvalue weighted by Gasteiger charge is -2.15. The van der Waals surface area contributed by atoms with Gasteiger partial charge < -0.3 is 5.32 Å². The Morgan fingerprint density at radius 2 is 2.16 bits per heavy atom. The number of nitriles is 1. The van der Waals surface area contributed by atoms with Crippen molar-refractivity contribution in [1.82, 2.24) is 4.98 Å². The second-order valence-electron chi connectivity index (χ2n) is 4.34. The van der Waals surface area contributed by atoms with Gasteiger partial charge >= 0.3 is 0 Å². The lowest BCUT2D eigenvalue weighted by molar-refractivity contribution is 0.627. The molecule has 1 unspecified atom stereocenters. The summed E-state index contributed by atoms with van der Waals surface area (Å²) in [6, 6.07) is 6.12. The lowest BCUT2D eigenvalue weighted by atomic mass is 10.1. The molecule has 0 aliphatic heterocycles. The zero-order valence-electron chi connectivity index (χ0n) is 11.0. The molecular weight excluding hydrogens is 261 g/mol. The second kappa shape index (κ2) is 5.37. The lowest BCUT2D eigenvalue weighted by Crippen LogP contribution is -2.09. The van der Waals surface area contributed by atoms with Gasteiger partial charge in [0, 0.05) is 4.88 Å². The Morgan fingerprint density at radius 1 is 1.42 bits per heavy atom. The minimum atomic E-state index is -0.407. The number of anilines is 1. The van der Waals surface area contributed by atoms with Crippen molar-refractivity contribution in [2.24, 2.45) is 0 Å². The highest BCUT2D eigenvalue weighted by molar-refractivity contribution is 7.11. The highest BCUT2D eigenvalue weighted by Gasteiger charge is 2.14. The molecule has 0 spiro atoms. The largest absolute Gasteiger partial charge is 0.376 e. The van der Waals surface area contributed by atoms with Crippen LogP contribution in [0.15, 0.2) is 18.2 Å². The Hall–Kier alpha value is -1.93. The van der Waals surface area contributed by atoms with Crippen LogP contribution in [-0.2, 0) is 0 Å². The Balaban J connectivity index is 2.27. The molecule has 5 heteroatoms. The molecule has 0 fully saturated rings. The SMILES string of the molecule is Cc1nc(C(C)Nc2ccc(F)cc2C#N)c(C)s1. The highest BCUT2D eigenvalue weighted by atomic mass is 32.1. The van der Waals surface area contributed by atoms with Crippen LogP contribution in [0.5, 0.6) is 0 Å². The first-order valence-corrected chi connectivity index (χ1v) is 6.73. The van der Waals surface area contributed by atoms with Crippen molar-refractivity contribution < 1.29 is 4.39 Å². The Labute approximate surface area is 115 Å². The summed E-state index contributed by atoms with van der Waals surface area (Å²) in [6.07, 6.45) is 0. The third-order valence-corrected chi connectivity index (χ3v) is 3.73. The fourth-order valence-electron chi connectivity index (χ4n) is 1.98. The van der Waals surface area contributed by atoms with Crippen LogP contribution in [-0.4, -0.2) is 4.98 Å². The van der Waals surface area contributed by atoms with E-state index in [0.717, 1.165) is 15.6 Å². The molecule has 0 saturated heterocycles. The number of nitrogens with zero attached hydrogens (tertiary/aromatic N) is 2. The average molecular weight is 275 g/mol. The molecule has 1 aromatic heterocycles. The Kier molecular flexibility index (Phi) is 3.82. The molecule has 3 nitrogen and oxygen atoms in total. The van der Waals surface area contributed by atoms with Crippen molar-refractivity contribution in [2.45, 2.75) is 26.8 Å². The number of nitrogens with one attached hydrogen (secondary N) is 1. The van der Waals surface area contributed by atoms with Crippen molar-refractivity contribution in [3.63, 3.8) is 0 Å². The first-order valence-electron chi connectivity index (χ1n) is 5.91. The Bertz CT molecular complexity index is 643. The third-order valence-electron chi connectivity index (χ3n) is 2.82. The van der Waals surface area contributed by atoms with Gasteiger partial charge in [0.2, 0.25) is 0 Å². The van der Waals surface area contributed by atoms with E-state index >= 15 is 0 Å². The predicted octanol–water partition coefficient (Wildman–Crippen LogP) is 3.94. The maximum atomic E-state index is 13.1. The molecule has 2 rings (SSSR count). The van der Waals surface area contributed by atoms with E-state index < -0.39 is 5.82 Å². The standard InChI is InChI=1S/C14H14FN3S/c1-8(14-9(2)19-10(3)18-14)17-13-5-4-12(15)6-11(13)7-16/h4-6,8,17H,1-3H3. The van der Waals surface area contributed by atoms with Gasteiger partial charge in [0.25, 0.3) is 0 Å². The second-order valence-corrected chi connectivity index (χ2v) is 5.75. The molecule has 2 aromatic rings. The number of aryl methyl sites for hydroxylation is 2. The quantitative estimate of drug-likeness (QED) is 0.922. The molecule has 0 bridgehead atoms. The summed E-state index contributed by atoms with van der Waals surface area (Å²) in [5.41, 5.74) is 1.90. The Morgan fingerprint density at radius 3 is 2.74 bits per heavy atom. The highest BCUT2D eigenvalue weighted by Crippen LogP contribution is 2.27. The summed E-state index contributed by atoms with van der Waals surface area (Å²) in [4.78, 5) is 5.63. The van der Waals surface area contributed by atoms with Crippen molar-refractivity contribution >= 4 is 17.0 Å². The monoisotopic (exact) mass is 275 g/mol. The molecule has 0 radical (unpaired) electrons. The molecule has 1 atom stereocenters. The van der Waals surface area contributed by atoms with Crippen LogP contribution in [0, 0.1) is 31.0 Å². The van der Waals surface area contributed by atoms with Crippen LogP contribution in [0.25, 0.3) is 0 Å². The van der Waals surface area contributed by atoms with Crippen LogP contribution in [0.2, 0.25) is 0 Å². The summed E-state index contributed by atoms with van der Waals surface area (Å²) >= 11 is 1.64. The summed E-state index contributed by atoms with van der Waals surface area (Å²) < 4.78 is 13.1. The molecule has 0 saturated carbocycles. The van der Waals surface area contributed by atoms with Crippen molar-refractivity contribution in [2.75, 3.05) is 5.32 Å². The molecule has 1 aromatic carbocycles. The molecule has 0 aliphatic carbocycles. The fourth-order valence-corrected chi connectivity index (χ4v) is 2.90. The molecular formula is C14H14FN3S. The van der Waals surface area contributed by atoms with Gasteiger partial charge in [0.05, 0.1) is 28.0 Å². The molecule has 1 N–H and O–H groups in total. The number of aromatic nitrogens is 1. The fraction of sp³-hybridized carbons (Fsp3) is 0.286. The van der Waals surface area contributed by atoms with Gasteiger partial charge in [0.1, 0.15) is 11.9 Å². The minimum absolute atomic E-state index is 0.0255. The minimum Gasteiger partial charge on any atom is -0.376 e. The normalized spacial score (nSPS) is 11.9. The predicted molar refractivity (Wildman–Crippen MR) is 74.7 cm³/mol. The number of rotatable bonds is 3. The van der Waals surface area contributed by atoms with Crippen LogP contribution >= 0.6 is 11.3 Å². The van der Waals surface area contributed by atoms with Crippen molar-refractivity contribution in [1.29, 1.82) is 5.26 Å². The topological polar surface area (TPSA) is 48.7 Å². The van der Waals surface area contributed by atoms with Crippen molar-refractivity contribution in [3.05, 3.63) is 45.2 Å². The van der Waals surface area contributed by atoms with Crippen molar-refractivity contribution in [3.8, 4) is 6.07 Å². The van der Waals surface area contributed by atoms with E-state index in [1.165, 1.54) is 12.1 Å². The third kappa shape index (κ3) is 2.91. The molecule has 0 aliphatic rings. The molecule has 1 heterocycles. The number of benzene rings is 1. The number of thiazole rings is 1. The van der Waals surface area contributed by atoms with Gasteiger partial charge in [-0.2, -0.15) is 5.26 Å². The summed E-state index contributed by atoms with van der Waals surface area (Å²) in [6.45, 7) is 5.96. The van der Waals surface area contributed by atoms with Gasteiger partial charge in [-0.25, -0.2) is 9.37 Å². The van der Waals surface area contributed by atoms with Crippen LogP contribution < -0.4 is 5.32 Å². The molecule has 19 heavy (non-hydrogen) atoms. The maximum absolute atomic E-state index is 13.1. The number of halogens is 1. The van der Waals surface area contributed by atoms with Crippen LogP contribution in [0.4, 0.5) is 10.1 Å². The van der Waals surface area contributed by atoms with Gasteiger partial charge in [-0.15, -0.1) is 11.3 Å². The van der Waals surface area contributed by atoms with Gasteiger partial charge in [0.15, 0.2) is 0 Å². The molecule has 98 valence electrons. The maximum Gasteiger partial charge on any atom is 0.124 e. The van der Waals surface area contributed by atoms with E-state index in [4.69, 9.17) is 5.26 Å². The van der Waals surface area contributed by atoms with E-state index in [0.29, 0.717) is 11.3 Å².